The van der Waals surface area contributed by atoms with Crippen molar-refractivity contribution in [3.05, 3.63) is 35.4 Å². The predicted octanol–water partition coefficient (Wildman–Crippen LogP) is 2.77. The van der Waals surface area contributed by atoms with Crippen LogP contribution in [0.5, 0.6) is 0 Å². The summed E-state index contributed by atoms with van der Waals surface area (Å²) in [6.07, 6.45) is 0.333. The zero-order valence-corrected chi connectivity index (χ0v) is 15.7. The molecule has 1 saturated carbocycles. The van der Waals surface area contributed by atoms with Crippen LogP contribution in [0.1, 0.15) is 44.2 Å². The molecule has 0 N–H and O–H groups in total. The Morgan fingerprint density at radius 3 is 1.88 bits per heavy atom. The second kappa shape index (κ2) is 8.34. The molecule has 0 aliphatic heterocycles. The molecule has 142 valence electrons. The van der Waals surface area contributed by atoms with Gasteiger partial charge in [0, 0.05) is 5.92 Å². The van der Waals surface area contributed by atoms with Gasteiger partial charge in [0.15, 0.2) is 5.41 Å². The van der Waals surface area contributed by atoms with E-state index in [1.165, 1.54) is 0 Å². The van der Waals surface area contributed by atoms with Gasteiger partial charge in [-0.15, -0.1) is 0 Å². The number of aryl methyl sites for hydroxylation is 1. The molecule has 6 nitrogen and oxygen atoms in total. The monoisotopic (exact) mass is 362 g/mol. The minimum atomic E-state index is -1.70. The third-order valence-electron chi connectivity index (χ3n) is 4.85. The summed E-state index contributed by atoms with van der Waals surface area (Å²) < 4.78 is 15.5. The van der Waals surface area contributed by atoms with Crippen molar-refractivity contribution in [3.63, 3.8) is 0 Å². The lowest BCUT2D eigenvalue weighted by atomic mass is 9.50. The molecule has 0 heterocycles. The minimum Gasteiger partial charge on any atom is -0.466 e. The zero-order chi connectivity index (χ0) is 19.3. The van der Waals surface area contributed by atoms with Crippen LogP contribution in [0.2, 0.25) is 0 Å². The van der Waals surface area contributed by atoms with Crippen LogP contribution in [-0.4, -0.2) is 37.7 Å². The standard InChI is InChI=1S/C20H26O6/c1-5-24-17(21)16-12-15(14-10-8-13(4)9-11-14)20(16,18(22)25-6-2)19(23)26-7-3/h8-11,15-16H,5-7,12H2,1-4H3/t15-,16+/m1/s1. The molecular formula is C20H26O6. The molecule has 0 aromatic heterocycles. The topological polar surface area (TPSA) is 78.9 Å². The maximum Gasteiger partial charge on any atom is 0.325 e. The van der Waals surface area contributed by atoms with Crippen molar-refractivity contribution in [1.82, 2.24) is 0 Å². The molecular weight excluding hydrogens is 336 g/mol. The average molecular weight is 362 g/mol. The van der Waals surface area contributed by atoms with Gasteiger partial charge in [0.1, 0.15) is 0 Å². The van der Waals surface area contributed by atoms with E-state index in [0.29, 0.717) is 6.42 Å². The molecule has 26 heavy (non-hydrogen) atoms. The molecule has 0 spiro atoms. The quantitative estimate of drug-likeness (QED) is 0.422. The van der Waals surface area contributed by atoms with E-state index >= 15 is 0 Å². The van der Waals surface area contributed by atoms with Crippen LogP contribution >= 0.6 is 0 Å². The Hall–Kier alpha value is -2.37. The first-order valence-corrected chi connectivity index (χ1v) is 9.00. The second-order valence-corrected chi connectivity index (χ2v) is 6.31. The molecule has 0 saturated heterocycles. The molecule has 1 aromatic carbocycles. The van der Waals surface area contributed by atoms with Gasteiger partial charge in [-0.25, -0.2) is 0 Å². The predicted molar refractivity (Wildman–Crippen MR) is 94.4 cm³/mol. The van der Waals surface area contributed by atoms with E-state index in [4.69, 9.17) is 14.2 Å². The molecule has 2 rings (SSSR count). The number of rotatable bonds is 7. The lowest BCUT2D eigenvalue weighted by Crippen LogP contribution is -2.62. The Labute approximate surface area is 153 Å². The van der Waals surface area contributed by atoms with Gasteiger partial charge >= 0.3 is 17.9 Å². The number of esters is 3. The number of carbonyl (C=O) groups excluding carboxylic acids is 3. The molecule has 1 fully saturated rings. The van der Waals surface area contributed by atoms with Crippen LogP contribution in [-0.2, 0) is 28.6 Å². The van der Waals surface area contributed by atoms with Crippen LogP contribution < -0.4 is 0 Å². The normalized spacial score (nSPS) is 20.6. The van der Waals surface area contributed by atoms with Gasteiger partial charge in [-0.2, -0.15) is 0 Å². The Balaban J connectivity index is 2.52. The van der Waals surface area contributed by atoms with Crippen molar-refractivity contribution >= 4 is 17.9 Å². The molecule has 1 aromatic rings. The fourth-order valence-electron chi connectivity index (χ4n) is 3.57. The van der Waals surface area contributed by atoms with Gasteiger partial charge in [-0.3, -0.25) is 14.4 Å². The van der Waals surface area contributed by atoms with Crippen LogP contribution in [0, 0.1) is 18.3 Å². The maximum atomic E-state index is 12.9. The van der Waals surface area contributed by atoms with Crippen molar-refractivity contribution in [2.24, 2.45) is 11.3 Å². The van der Waals surface area contributed by atoms with Gasteiger partial charge in [0.2, 0.25) is 0 Å². The van der Waals surface area contributed by atoms with Crippen molar-refractivity contribution in [1.29, 1.82) is 0 Å². The average Bonchev–Trinajstić information content (AvgIpc) is 2.57. The van der Waals surface area contributed by atoms with Gasteiger partial charge in [0.25, 0.3) is 0 Å². The summed E-state index contributed by atoms with van der Waals surface area (Å²) in [6, 6.07) is 7.56. The maximum absolute atomic E-state index is 12.9. The fourth-order valence-corrected chi connectivity index (χ4v) is 3.57. The minimum absolute atomic E-state index is 0.107. The lowest BCUT2D eigenvalue weighted by Gasteiger charge is -2.50. The van der Waals surface area contributed by atoms with E-state index in [0.717, 1.165) is 11.1 Å². The van der Waals surface area contributed by atoms with Gasteiger partial charge in [-0.1, -0.05) is 29.8 Å². The molecule has 0 amide bonds. The SMILES string of the molecule is CCOC(=O)[C@@H]1C[C@H](c2ccc(C)cc2)C1(C(=O)OCC)C(=O)OCC. The van der Waals surface area contributed by atoms with E-state index in [-0.39, 0.29) is 19.8 Å². The zero-order valence-electron chi connectivity index (χ0n) is 15.7. The van der Waals surface area contributed by atoms with Crippen LogP contribution in [0.4, 0.5) is 0 Å². The Morgan fingerprint density at radius 2 is 1.42 bits per heavy atom. The van der Waals surface area contributed by atoms with Gasteiger partial charge in [-0.05, 0) is 39.7 Å². The van der Waals surface area contributed by atoms with Gasteiger partial charge < -0.3 is 14.2 Å². The molecule has 0 unspecified atom stereocenters. The fraction of sp³-hybridized carbons (Fsp3) is 0.550. The second-order valence-electron chi connectivity index (χ2n) is 6.31. The molecule has 6 heteroatoms. The first-order chi connectivity index (χ1) is 12.4. The number of ether oxygens (including phenoxy) is 3. The summed E-state index contributed by atoms with van der Waals surface area (Å²) in [4.78, 5) is 38.3. The van der Waals surface area contributed by atoms with E-state index in [1.54, 1.807) is 20.8 Å². The molecule has 1 aliphatic carbocycles. The summed E-state index contributed by atoms with van der Waals surface area (Å²) in [5, 5.41) is 0. The van der Waals surface area contributed by atoms with E-state index < -0.39 is 35.2 Å². The summed E-state index contributed by atoms with van der Waals surface area (Å²) in [6.45, 7) is 7.35. The number of hydrogen-bond donors (Lipinski definition) is 0. The van der Waals surface area contributed by atoms with E-state index in [9.17, 15) is 14.4 Å². The Bertz CT molecular complexity index is 645. The Kier molecular flexibility index (Phi) is 6.40. The van der Waals surface area contributed by atoms with Crippen LogP contribution in [0.25, 0.3) is 0 Å². The summed E-state index contributed by atoms with van der Waals surface area (Å²) in [7, 11) is 0. The first-order valence-electron chi connectivity index (χ1n) is 9.00. The van der Waals surface area contributed by atoms with Gasteiger partial charge in [0.05, 0.1) is 25.7 Å². The first kappa shape index (κ1) is 19.9. The number of hydrogen-bond acceptors (Lipinski definition) is 6. The van der Waals surface area contributed by atoms with E-state index in [1.807, 2.05) is 31.2 Å². The highest BCUT2D eigenvalue weighted by Gasteiger charge is 2.70. The lowest BCUT2D eigenvalue weighted by molar-refractivity contribution is -0.198. The summed E-state index contributed by atoms with van der Waals surface area (Å²) in [5.41, 5.74) is 0.165. The van der Waals surface area contributed by atoms with Crippen molar-refractivity contribution in [2.75, 3.05) is 19.8 Å². The van der Waals surface area contributed by atoms with Crippen molar-refractivity contribution < 1.29 is 28.6 Å². The van der Waals surface area contributed by atoms with Crippen LogP contribution in [0.3, 0.4) is 0 Å². The van der Waals surface area contributed by atoms with Crippen molar-refractivity contribution in [2.45, 2.75) is 40.0 Å². The molecule has 1 aliphatic rings. The summed E-state index contributed by atoms with van der Waals surface area (Å²) >= 11 is 0. The Morgan fingerprint density at radius 1 is 0.923 bits per heavy atom. The largest absolute Gasteiger partial charge is 0.466 e. The van der Waals surface area contributed by atoms with Crippen LogP contribution in [0.15, 0.2) is 24.3 Å². The third kappa shape index (κ3) is 3.32. The molecule has 2 atom stereocenters. The van der Waals surface area contributed by atoms with Crippen molar-refractivity contribution in [3.8, 4) is 0 Å². The smallest absolute Gasteiger partial charge is 0.325 e. The molecule has 0 radical (unpaired) electrons. The highest BCUT2D eigenvalue weighted by Crippen LogP contribution is 2.59. The number of carbonyl (C=O) groups is 3. The highest BCUT2D eigenvalue weighted by molar-refractivity contribution is 6.07. The highest BCUT2D eigenvalue weighted by atomic mass is 16.6. The summed E-state index contributed by atoms with van der Waals surface area (Å²) in [5.74, 6) is -3.43. The third-order valence-corrected chi connectivity index (χ3v) is 4.85. The van der Waals surface area contributed by atoms with E-state index in [2.05, 4.69) is 0 Å². The number of benzene rings is 1. The molecule has 0 bridgehead atoms.